The van der Waals surface area contributed by atoms with Crippen molar-refractivity contribution < 1.29 is 136 Å². The SMILES string of the molecule is COP(=O)(O)OC[C@H]1S[C@@H](n2cnc3c(=O)[nH]c(N)nc32)[C@H](OP(O)(=S)OC[C@]23CO[C@H](C2)[C@H](n2nnc4c(N)ncnc42)O3)[C@@H]1O.Nc1nc2c(ncn2[C@@H]2S[C@@H]3COP(=O)(O)O[C@H]4[C@H](F)[C@H](n5cnc6c(N)ncnc65)O[C@@H]4COP(O)(=S)O[C@@H]2[C@@H]3O)c(=O)[nH]1.Nc1nc2c(nnn2[C@@H]2S[C@@H]3COP(=O)(O)O[C@H]4C[C@H](c5cnn6c(N)ncnc56)O[C@@H]4COP(O)(=S)O[C@@H]2[C@@H]3O)c(=O)[nH]1. The largest absolute Gasteiger partial charge is 0.472 e. The van der Waals surface area contributed by atoms with Gasteiger partial charge in [0.2, 0.25) is 23.8 Å². The van der Waals surface area contributed by atoms with Crippen molar-refractivity contribution in [2.75, 3.05) is 87.8 Å². The van der Waals surface area contributed by atoms with Gasteiger partial charge in [0.25, 0.3) is 16.7 Å². The van der Waals surface area contributed by atoms with Gasteiger partial charge in [-0.3, -0.25) is 83.8 Å². The van der Waals surface area contributed by atoms with Gasteiger partial charge >= 0.3 is 43.6 Å². The van der Waals surface area contributed by atoms with Gasteiger partial charge in [0.15, 0.2) is 86.2 Å². The summed E-state index contributed by atoms with van der Waals surface area (Å²) in [6.45, 7) is -15.4. The number of nitrogens with one attached hydrogen (secondary N) is 3. The van der Waals surface area contributed by atoms with Gasteiger partial charge in [-0.05, 0) is 35.4 Å². The minimum absolute atomic E-state index is 0.0295. The zero-order chi connectivity index (χ0) is 96.1. The number of nitrogen functional groups attached to an aromatic ring is 6. The minimum atomic E-state index is -5.03. The van der Waals surface area contributed by atoms with Crippen LogP contribution in [0.25, 0.3) is 61.5 Å². The number of imidazole rings is 3. The molecule has 0 aliphatic carbocycles. The summed E-state index contributed by atoms with van der Waals surface area (Å²) in [5, 5.41) is 48.0. The van der Waals surface area contributed by atoms with Gasteiger partial charge in [0.05, 0.1) is 112 Å². The number of aliphatic hydroxyl groups is 3. The van der Waals surface area contributed by atoms with Crippen LogP contribution < -0.4 is 51.1 Å². The van der Waals surface area contributed by atoms with Crippen molar-refractivity contribution in [3.05, 3.63) is 80.8 Å². The lowest BCUT2D eigenvalue weighted by molar-refractivity contribution is -0.184. The molecule has 6 unspecified atom stereocenters. The Labute approximate surface area is 781 Å². The van der Waals surface area contributed by atoms with Gasteiger partial charge in [-0.1, -0.05) is 10.4 Å². The summed E-state index contributed by atoms with van der Waals surface area (Å²) in [6, 6.07) is 0. The molecule has 0 aromatic carbocycles. The second kappa shape index (κ2) is 37.1. The zero-order valence-electron chi connectivity index (χ0n) is 68.3. The number of thioether (sulfide) groups is 3. The van der Waals surface area contributed by atoms with E-state index in [1.807, 2.05) is 0 Å². The molecule has 21 rings (SSSR count). The molecule has 0 saturated carbocycles. The van der Waals surface area contributed by atoms with Gasteiger partial charge in [-0.15, -0.1) is 45.5 Å². The van der Waals surface area contributed by atoms with Crippen LogP contribution in [0.3, 0.4) is 0 Å². The number of hydrogen-bond donors (Lipinski definition) is 18. The Morgan fingerprint density at radius 2 is 1.15 bits per heavy atom. The van der Waals surface area contributed by atoms with Crippen molar-refractivity contribution in [3.63, 3.8) is 0 Å². The summed E-state index contributed by atoms with van der Waals surface area (Å²) >= 11 is 18.9. The molecule has 76 heteroatoms. The van der Waals surface area contributed by atoms with Crippen LogP contribution in [0.15, 0.2) is 58.5 Å². The van der Waals surface area contributed by atoms with E-state index < -0.39 is 223 Å². The van der Waals surface area contributed by atoms with E-state index in [4.69, 9.17) is 139 Å². The number of alkyl halides is 1. The predicted molar refractivity (Wildman–Crippen MR) is 472 cm³/mol. The number of H-pyrrole nitrogens is 3. The van der Waals surface area contributed by atoms with Crippen LogP contribution in [0.5, 0.6) is 0 Å². The lowest BCUT2D eigenvalue weighted by Crippen LogP contribution is -2.40. The number of aliphatic hydroxyl groups excluding tert-OH is 3. The van der Waals surface area contributed by atoms with E-state index in [2.05, 4.69) is 105 Å². The number of fused-ring (bicyclic) bond motifs is 14. The molecule has 136 heavy (non-hydrogen) atoms. The van der Waals surface area contributed by atoms with E-state index in [0.717, 1.165) is 48.7 Å². The fraction of sp³-hybridized carbons (Fsp3) is 0.533. The second-order valence-corrected chi connectivity index (χ2v) is 47.6. The van der Waals surface area contributed by atoms with Crippen LogP contribution in [0.4, 0.5) is 39.8 Å². The van der Waals surface area contributed by atoms with E-state index >= 15 is 4.39 Å². The third-order valence-electron chi connectivity index (χ3n) is 22.2. The lowest BCUT2D eigenvalue weighted by atomic mass is 10.0. The summed E-state index contributed by atoms with van der Waals surface area (Å²) in [5.74, 6) is -0.342. The Morgan fingerprint density at radius 3 is 1.81 bits per heavy atom. The highest BCUT2D eigenvalue weighted by Crippen LogP contribution is 2.62. The van der Waals surface area contributed by atoms with E-state index in [1.165, 1.54) is 65.4 Å². The van der Waals surface area contributed by atoms with Gasteiger partial charge in [-0.25, -0.2) is 67.6 Å². The molecular weight excluding hydrogens is 2060 g/mol. The monoisotopic (exact) mass is 2130 g/mol. The summed E-state index contributed by atoms with van der Waals surface area (Å²) in [5.41, 5.74) is 33.4. The number of rotatable bonds is 15. The summed E-state index contributed by atoms with van der Waals surface area (Å²) < 4.78 is 151. The van der Waals surface area contributed by atoms with Gasteiger partial charge in [0, 0.05) is 25.5 Å². The minimum Gasteiger partial charge on any atom is -0.389 e. The number of aromatic nitrogens is 26. The molecule has 21 heterocycles. The third kappa shape index (κ3) is 19.1. The fourth-order valence-corrected chi connectivity index (χ4v) is 27.7. The molecule has 0 spiro atoms. The quantitative estimate of drug-likeness (QED) is 0.0460. The molecule has 28 atom stereocenters. The molecule has 9 saturated heterocycles. The molecule has 0 radical (unpaired) electrons. The number of nitrogens with zero attached hydrogens (tertiary/aromatic N) is 23. The molecule has 24 N–H and O–H groups in total. The number of aromatic amines is 3. The average Bonchev–Trinajstić information content (AvgIpc) is 1.58. The van der Waals surface area contributed by atoms with E-state index in [9.17, 15) is 72.8 Å². The zero-order valence-corrected chi connectivity index (χ0v) is 78.6. The van der Waals surface area contributed by atoms with Crippen LogP contribution in [0.2, 0.25) is 0 Å². The lowest BCUT2D eigenvalue weighted by Gasteiger charge is -2.32. The maximum absolute atomic E-state index is 15.9. The smallest absolute Gasteiger partial charge is 0.389 e. The highest BCUT2D eigenvalue weighted by atomic mass is 32.5. The van der Waals surface area contributed by atoms with Crippen LogP contribution in [0, 0.1) is 0 Å². The van der Waals surface area contributed by atoms with Crippen LogP contribution >= 0.6 is 78.9 Å². The molecule has 12 aromatic heterocycles. The van der Waals surface area contributed by atoms with Crippen molar-refractivity contribution in [1.82, 2.24) is 128 Å². The van der Waals surface area contributed by atoms with Crippen molar-refractivity contribution in [2.45, 2.75) is 142 Å². The first kappa shape index (κ1) is 96.8. The second-order valence-electron chi connectivity index (χ2n) is 30.8. The van der Waals surface area contributed by atoms with Crippen molar-refractivity contribution in [3.8, 4) is 0 Å². The molecule has 732 valence electrons. The Balaban J connectivity index is 0.000000131. The van der Waals surface area contributed by atoms with Crippen LogP contribution in [-0.4, -0.2) is 321 Å². The number of phosphoric ester groups is 3. The van der Waals surface area contributed by atoms with Crippen LogP contribution in [-0.2, 0) is 122 Å². The molecule has 63 nitrogen and oxygen atoms in total. The highest BCUT2D eigenvalue weighted by Gasteiger charge is 2.59. The van der Waals surface area contributed by atoms with Crippen molar-refractivity contribution in [2.24, 2.45) is 0 Å². The molecule has 6 bridgehead atoms. The number of hydrogen-bond acceptors (Lipinski definition) is 54. The molecule has 9 fully saturated rings. The third-order valence-corrected chi connectivity index (χ3v) is 34.4. The maximum atomic E-state index is 15.9. The number of anilines is 6. The Morgan fingerprint density at radius 1 is 0.588 bits per heavy atom. The van der Waals surface area contributed by atoms with Crippen LogP contribution in [0.1, 0.15) is 53.1 Å². The predicted octanol–water partition coefficient (Wildman–Crippen LogP) is -2.84. The van der Waals surface area contributed by atoms with Crippen molar-refractivity contribution in [1.29, 1.82) is 0 Å². The Bertz CT molecular complexity index is 7160. The van der Waals surface area contributed by atoms with Gasteiger partial charge in [-0.2, -0.15) is 29.2 Å². The molecule has 9 aliphatic rings. The summed E-state index contributed by atoms with van der Waals surface area (Å²) in [7, 11) is -13.2. The van der Waals surface area contributed by atoms with Gasteiger partial charge < -0.3 is 112 Å². The molecule has 0 amide bonds. The first-order valence-corrected chi connectivity index (χ1v) is 54.4. The standard InChI is InChI=1S/C21H27N11O11P2S2.C20H23FN10O10P2S2.C19H23N11O10P2S2/c1-38-44(35,36)40-3-9-12(33)13(19(47-9)31-7-26-11-16(31)27-20(23)28-17(11)34)43-45(37,46)41-5-21-2-8(39-4-21)18(42-21)32-15-10(29-30-32)14(22)24-6-25-15;21-8-12-6(39-18(8)30-4-26-9-14(22)24-3-25-15(9)30)1-38-43(36,44)41-13-11(32)7(2-37-42(34,35)40-12)45-19(13)31-5-27-10-16(31)28-20(23)29-17(10)33;20-18-25-15-11(16(32)26-18)27-28-29(15)17-13-12(31)10(44-17)4-36-41(33,34)39-8-1-7(38-9(8)3-37-42(35,43)40-13)6-2-24-30-14(6)22-5-23-19(30)21/h6-9,12-13,18-19,33H,2-5H2,1H3,(H,35,36)(H,37,46)(H2,22,24,25)(H3,23,27,28,34);3-8,11-13,18-19,32H,1-2H2,(H,34,35)(H,36,44)(H2,22,24,25)(H3,23,28,29,33);2,5,7-10,12-13,17,31H,1,3-4H2,(H,33,34)(H,35,43)(H2,21,22,23)(H3,20,25,26,32)/t8-,9-,12-,13-,18-,19-,21-,45?;6-,7-,8+,11-,12-,13-,18-,19-,43?;7-,8+,9-,10-,12-,13-,17-,42?/m111/s1. The van der Waals surface area contributed by atoms with E-state index in [-0.39, 0.29) is 99.7 Å². The topological polar surface area (TPSA) is 884 Å². The average molecular weight is 2140 g/mol. The summed E-state index contributed by atoms with van der Waals surface area (Å²) in [6.07, 6.45) is -9.96. The Kier molecular flexibility index (Phi) is 26.4. The molecule has 12 aromatic rings. The molecular formula is C60H73FN32O31P6S6. The Hall–Kier alpha value is -8.02. The first-order valence-electron chi connectivity index (χ1n) is 39.3. The summed E-state index contributed by atoms with van der Waals surface area (Å²) in [4.78, 5) is 157. The van der Waals surface area contributed by atoms with E-state index in [1.54, 1.807) is 0 Å². The first-order chi connectivity index (χ1) is 64.5. The normalized spacial score (nSPS) is 35.2. The number of ether oxygens (including phenoxy) is 4. The van der Waals surface area contributed by atoms with E-state index in [0.29, 0.717) is 28.8 Å². The molecule has 9 aliphatic heterocycles. The number of halogens is 1. The fourth-order valence-electron chi connectivity index (χ4n) is 16.0. The number of phosphoric acid groups is 3. The van der Waals surface area contributed by atoms with Gasteiger partial charge in [0.1, 0.15) is 95.1 Å². The number of nitrogens with two attached hydrogens (primary N) is 6. The highest BCUT2D eigenvalue weighted by molar-refractivity contribution is 8.08. The maximum Gasteiger partial charge on any atom is 0.472 e. The van der Waals surface area contributed by atoms with Crippen molar-refractivity contribution >= 4 is 211 Å².